The SMILES string of the molecule is COc1ccc([C@H](C(=O)NC2CCCCC2)N(C[C@H]2CCCO2)C(=O)Cn2nnc3ccccc32)c(OC)c1. The molecule has 0 bridgehead atoms. The average molecular weight is 536 g/mol. The molecule has 39 heavy (non-hydrogen) atoms. The Labute approximate surface area is 228 Å². The van der Waals surface area contributed by atoms with Gasteiger partial charge in [-0.2, -0.15) is 0 Å². The lowest BCUT2D eigenvalue weighted by Gasteiger charge is -2.35. The number of nitrogens with one attached hydrogen (secondary N) is 1. The van der Waals surface area contributed by atoms with E-state index >= 15 is 0 Å². The van der Waals surface area contributed by atoms with Gasteiger partial charge < -0.3 is 24.4 Å². The fraction of sp³-hybridized carbons (Fsp3) is 0.517. The zero-order valence-electron chi connectivity index (χ0n) is 22.7. The van der Waals surface area contributed by atoms with Crippen molar-refractivity contribution in [1.29, 1.82) is 0 Å². The van der Waals surface area contributed by atoms with Gasteiger partial charge in [0.05, 0.1) is 25.8 Å². The number of hydrogen-bond donors (Lipinski definition) is 1. The molecular formula is C29H37N5O5. The Balaban J connectivity index is 1.52. The van der Waals surface area contributed by atoms with Gasteiger partial charge >= 0.3 is 0 Å². The molecule has 0 spiro atoms. The van der Waals surface area contributed by atoms with Crippen molar-refractivity contribution in [3.8, 4) is 11.5 Å². The summed E-state index contributed by atoms with van der Waals surface area (Å²) in [4.78, 5) is 29.8. The van der Waals surface area contributed by atoms with E-state index in [0.29, 0.717) is 29.2 Å². The number of fused-ring (bicyclic) bond motifs is 1. The van der Waals surface area contributed by atoms with Gasteiger partial charge in [-0.05, 0) is 49.9 Å². The molecule has 0 unspecified atom stereocenters. The zero-order valence-corrected chi connectivity index (χ0v) is 22.7. The lowest BCUT2D eigenvalue weighted by molar-refractivity contribution is -0.143. The standard InChI is InChI=1S/C29H37N5O5/c1-37-21-14-15-23(26(17-21)38-2)28(29(36)30-20-9-4-3-5-10-20)33(18-22-11-8-16-39-22)27(35)19-34-25-13-7-6-12-24(25)31-32-34/h6-7,12-15,17,20,22,28H,3-5,8-11,16,18-19H2,1-2H3,(H,30,36)/t22-,28-/m1/s1. The largest absolute Gasteiger partial charge is 0.497 e. The lowest BCUT2D eigenvalue weighted by atomic mass is 9.94. The maximum Gasteiger partial charge on any atom is 0.247 e. The Bertz CT molecular complexity index is 1280. The third kappa shape index (κ3) is 6.16. The second kappa shape index (κ2) is 12.5. The van der Waals surface area contributed by atoms with Gasteiger partial charge in [-0.3, -0.25) is 9.59 Å². The minimum atomic E-state index is -0.917. The van der Waals surface area contributed by atoms with Crippen LogP contribution in [0.5, 0.6) is 11.5 Å². The van der Waals surface area contributed by atoms with Crippen molar-refractivity contribution >= 4 is 22.8 Å². The van der Waals surface area contributed by atoms with E-state index in [4.69, 9.17) is 14.2 Å². The van der Waals surface area contributed by atoms with Gasteiger partial charge in [-0.25, -0.2) is 4.68 Å². The van der Waals surface area contributed by atoms with Crippen LogP contribution in [-0.2, 0) is 20.9 Å². The molecule has 1 aromatic heterocycles. The number of carbonyl (C=O) groups is 2. The number of para-hydroxylation sites is 1. The smallest absolute Gasteiger partial charge is 0.247 e. The molecule has 3 aromatic rings. The summed E-state index contributed by atoms with van der Waals surface area (Å²) in [6.07, 6.45) is 6.80. The van der Waals surface area contributed by atoms with E-state index in [1.807, 2.05) is 30.3 Å². The fourth-order valence-electron chi connectivity index (χ4n) is 5.63. The summed E-state index contributed by atoms with van der Waals surface area (Å²) in [6.45, 7) is 0.869. The summed E-state index contributed by atoms with van der Waals surface area (Å²) >= 11 is 0. The molecule has 10 heteroatoms. The van der Waals surface area contributed by atoms with Gasteiger partial charge in [0.1, 0.15) is 29.6 Å². The Hall–Kier alpha value is -3.66. The van der Waals surface area contributed by atoms with Crippen molar-refractivity contribution in [2.75, 3.05) is 27.4 Å². The normalized spacial score (nSPS) is 18.6. The molecule has 1 saturated carbocycles. The van der Waals surface area contributed by atoms with E-state index in [9.17, 15) is 9.59 Å². The van der Waals surface area contributed by atoms with Crippen LogP contribution in [-0.4, -0.2) is 71.2 Å². The number of rotatable bonds is 10. The van der Waals surface area contributed by atoms with E-state index < -0.39 is 6.04 Å². The van der Waals surface area contributed by atoms with E-state index in [-0.39, 0.29) is 37.0 Å². The lowest BCUT2D eigenvalue weighted by Crippen LogP contribution is -2.50. The summed E-state index contributed by atoms with van der Waals surface area (Å²) in [5, 5.41) is 11.7. The molecule has 5 rings (SSSR count). The van der Waals surface area contributed by atoms with Crippen LogP contribution in [0.3, 0.4) is 0 Å². The Morgan fingerprint density at radius 2 is 1.90 bits per heavy atom. The average Bonchev–Trinajstić information content (AvgIpc) is 3.63. The third-order valence-corrected chi connectivity index (χ3v) is 7.70. The zero-order chi connectivity index (χ0) is 27.2. The highest BCUT2D eigenvalue weighted by atomic mass is 16.5. The number of ether oxygens (including phenoxy) is 3. The molecule has 2 heterocycles. The highest BCUT2D eigenvalue weighted by Crippen LogP contribution is 2.35. The minimum absolute atomic E-state index is 0.0566. The summed E-state index contributed by atoms with van der Waals surface area (Å²) in [5.74, 6) is 0.616. The van der Waals surface area contributed by atoms with Crippen LogP contribution >= 0.6 is 0 Å². The maximum atomic E-state index is 14.1. The van der Waals surface area contributed by atoms with Crippen LogP contribution in [0.4, 0.5) is 0 Å². The first-order valence-electron chi connectivity index (χ1n) is 13.8. The predicted octanol–water partition coefficient (Wildman–Crippen LogP) is 3.65. The summed E-state index contributed by atoms with van der Waals surface area (Å²) in [7, 11) is 3.14. The molecule has 2 fully saturated rings. The van der Waals surface area contributed by atoms with E-state index in [0.717, 1.165) is 44.0 Å². The Kier molecular flexibility index (Phi) is 8.61. The number of nitrogens with zero attached hydrogens (tertiary/aromatic N) is 4. The molecular weight excluding hydrogens is 498 g/mol. The molecule has 10 nitrogen and oxygen atoms in total. The topological polar surface area (TPSA) is 108 Å². The van der Waals surface area contributed by atoms with Gasteiger partial charge in [-0.15, -0.1) is 5.10 Å². The predicted molar refractivity (Wildman–Crippen MR) is 146 cm³/mol. The van der Waals surface area contributed by atoms with Crippen LogP contribution < -0.4 is 14.8 Å². The van der Waals surface area contributed by atoms with Crippen LogP contribution in [0.25, 0.3) is 11.0 Å². The first-order valence-corrected chi connectivity index (χ1v) is 13.8. The molecule has 1 saturated heterocycles. The Morgan fingerprint density at radius 3 is 2.64 bits per heavy atom. The van der Waals surface area contributed by atoms with Crippen molar-refractivity contribution < 1.29 is 23.8 Å². The first-order chi connectivity index (χ1) is 19.1. The number of aromatic nitrogens is 3. The third-order valence-electron chi connectivity index (χ3n) is 7.70. The molecule has 1 aliphatic carbocycles. The Morgan fingerprint density at radius 1 is 1.08 bits per heavy atom. The number of amides is 2. The van der Waals surface area contributed by atoms with Crippen molar-refractivity contribution in [2.24, 2.45) is 0 Å². The molecule has 208 valence electrons. The first kappa shape index (κ1) is 26.9. The van der Waals surface area contributed by atoms with Crippen LogP contribution in [0.15, 0.2) is 42.5 Å². The van der Waals surface area contributed by atoms with Crippen molar-refractivity contribution in [1.82, 2.24) is 25.2 Å². The fourth-order valence-corrected chi connectivity index (χ4v) is 5.63. The van der Waals surface area contributed by atoms with Crippen LogP contribution in [0.2, 0.25) is 0 Å². The molecule has 0 radical (unpaired) electrons. The molecule has 1 N–H and O–H groups in total. The summed E-state index contributed by atoms with van der Waals surface area (Å²) in [6, 6.07) is 12.0. The van der Waals surface area contributed by atoms with Crippen LogP contribution in [0, 0.1) is 0 Å². The molecule has 2 atom stereocenters. The van der Waals surface area contributed by atoms with Crippen molar-refractivity contribution in [3.63, 3.8) is 0 Å². The highest BCUT2D eigenvalue weighted by Gasteiger charge is 2.37. The maximum absolute atomic E-state index is 14.1. The number of benzene rings is 2. The molecule has 1 aliphatic heterocycles. The van der Waals surface area contributed by atoms with Gasteiger partial charge in [0.25, 0.3) is 0 Å². The van der Waals surface area contributed by atoms with E-state index in [1.165, 1.54) is 6.42 Å². The van der Waals surface area contributed by atoms with Crippen molar-refractivity contribution in [2.45, 2.75) is 69.7 Å². The number of hydrogen-bond acceptors (Lipinski definition) is 7. The van der Waals surface area contributed by atoms with Gasteiger partial charge in [0.2, 0.25) is 11.8 Å². The highest BCUT2D eigenvalue weighted by molar-refractivity contribution is 5.90. The quantitative estimate of drug-likeness (QED) is 0.422. The second-order valence-corrected chi connectivity index (χ2v) is 10.3. The molecule has 2 amide bonds. The summed E-state index contributed by atoms with van der Waals surface area (Å²) in [5.41, 5.74) is 2.06. The summed E-state index contributed by atoms with van der Waals surface area (Å²) < 4.78 is 18.6. The van der Waals surface area contributed by atoms with Crippen LogP contribution in [0.1, 0.15) is 56.6 Å². The van der Waals surface area contributed by atoms with Crippen molar-refractivity contribution in [3.05, 3.63) is 48.0 Å². The minimum Gasteiger partial charge on any atom is -0.497 e. The molecule has 2 aliphatic rings. The molecule has 2 aromatic carbocycles. The van der Waals surface area contributed by atoms with Gasteiger partial charge in [0, 0.05) is 30.8 Å². The number of carbonyl (C=O) groups excluding carboxylic acids is 2. The monoisotopic (exact) mass is 535 g/mol. The second-order valence-electron chi connectivity index (χ2n) is 10.3. The number of methoxy groups -OCH3 is 2. The van der Waals surface area contributed by atoms with E-state index in [1.54, 1.807) is 35.9 Å². The van der Waals surface area contributed by atoms with Gasteiger partial charge in [0.15, 0.2) is 0 Å². The van der Waals surface area contributed by atoms with E-state index in [2.05, 4.69) is 15.6 Å². The van der Waals surface area contributed by atoms with Gasteiger partial charge in [-0.1, -0.05) is 36.6 Å².